The van der Waals surface area contributed by atoms with Crippen LogP contribution in [0.25, 0.3) is 0 Å². The van der Waals surface area contributed by atoms with Gasteiger partial charge in [0, 0.05) is 44.2 Å². The Morgan fingerprint density at radius 1 is 1.13 bits per heavy atom. The van der Waals surface area contributed by atoms with Crippen LogP contribution >= 0.6 is 24.0 Å². The predicted molar refractivity (Wildman–Crippen MR) is 134 cm³/mol. The van der Waals surface area contributed by atoms with Crippen molar-refractivity contribution < 1.29 is 9.47 Å². The van der Waals surface area contributed by atoms with Crippen molar-refractivity contribution in [2.45, 2.75) is 45.3 Å². The summed E-state index contributed by atoms with van der Waals surface area (Å²) < 4.78 is 11.6. The standard InChI is InChI=1S/C23H38N4O2.HI/c1-4-24-22(26-18-23(2,3)27-12-15-28-16-13-27)25-17-20-11-8-14-29-21(20)19-9-6-5-7-10-19;/h5-7,9-10,20-21H,4,8,11-18H2,1-3H3,(H2,24,25,26);1H. The lowest BCUT2D eigenvalue weighted by Crippen LogP contribution is -2.52. The molecule has 2 unspecified atom stereocenters. The van der Waals surface area contributed by atoms with E-state index in [0.29, 0.717) is 5.92 Å². The zero-order valence-corrected chi connectivity index (χ0v) is 21.1. The minimum atomic E-state index is 0. The fourth-order valence-electron chi connectivity index (χ4n) is 4.17. The van der Waals surface area contributed by atoms with Crippen LogP contribution in [-0.2, 0) is 9.47 Å². The molecule has 170 valence electrons. The first-order valence-corrected chi connectivity index (χ1v) is 11.1. The molecule has 3 rings (SSSR count). The van der Waals surface area contributed by atoms with Gasteiger partial charge in [-0.1, -0.05) is 30.3 Å². The van der Waals surface area contributed by atoms with Gasteiger partial charge in [0.2, 0.25) is 0 Å². The number of halogens is 1. The van der Waals surface area contributed by atoms with Crippen molar-refractivity contribution in [2.75, 3.05) is 52.5 Å². The number of guanidine groups is 1. The van der Waals surface area contributed by atoms with E-state index in [0.717, 1.165) is 64.9 Å². The van der Waals surface area contributed by atoms with Crippen LogP contribution in [0, 0.1) is 5.92 Å². The number of nitrogens with one attached hydrogen (secondary N) is 2. The first kappa shape index (κ1) is 25.4. The first-order chi connectivity index (χ1) is 14.1. The average Bonchev–Trinajstić information content (AvgIpc) is 2.77. The van der Waals surface area contributed by atoms with Crippen LogP contribution in [0.3, 0.4) is 0 Å². The van der Waals surface area contributed by atoms with Crippen LogP contribution in [0.5, 0.6) is 0 Å². The van der Waals surface area contributed by atoms with Gasteiger partial charge in [-0.25, -0.2) is 0 Å². The van der Waals surface area contributed by atoms with Crippen molar-refractivity contribution in [3.8, 4) is 0 Å². The number of ether oxygens (including phenoxy) is 2. The summed E-state index contributed by atoms with van der Waals surface area (Å²) >= 11 is 0. The van der Waals surface area contributed by atoms with Gasteiger partial charge in [0.1, 0.15) is 0 Å². The van der Waals surface area contributed by atoms with Gasteiger partial charge in [-0.05, 0) is 39.2 Å². The van der Waals surface area contributed by atoms with Gasteiger partial charge in [0.05, 0.1) is 25.9 Å². The quantitative estimate of drug-likeness (QED) is 0.322. The van der Waals surface area contributed by atoms with E-state index in [1.54, 1.807) is 0 Å². The molecule has 2 atom stereocenters. The van der Waals surface area contributed by atoms with Gasteiger partial charge in [-0.3, -0.25) is 9.89 Å². The van der Waals surface area contributed by atoms with E-state index in [1.165, 1.54) is 12.0 Å². The number of morpholine rings is 1. The molecule has 0 aliphatic carbocycles. The Kier molecular flexibility index (Phi) is 10.8. The second-order valence-electron chi connectivity index (χ2n) is 8.59. The second-order valence-corrected chi connectivity index (χ2v) is 8.59. The SMILES string of the molecule is CCNC(=NCC(C)(C)N1CCOCC1)NCC1CCCOC1c1ccccc1.I. The Bertz CT molecular complexity index is 635. The highest BCUT2D eigenvalue weighted by molar-refractivity contribution is 14.0. The summed E-state index contributed by atoms with van der Waals surface area (Å²) in [5.41, 5.74) is 1.29. The third kappa shape index (κ3) is 7.35. The molecule has 2 fully saturated rings. The predicted octanol–water partition coefficient (Wildman–Crippen LogP) is 3.44. The van der Waals surface area contributed by atoms with Gasteiger partial charge < -0.3 is 20.1 Å². The Hall–Kier alpha value is -0.900. The Morgan fingerprint density at radius 2 is 1.87 bits per heavy atom. The smallest absolute Gasteiger partial charge is 0.191 e. The van der Waals surface area contributed by atoms with E-state index in [1.807, 2.05) is 0 Å². The monoisotopic (exact) mass is 530 g/mol. The molecular formula is C23H39IN4O2. The van der Waals surface area contributed by atoms with E-state index in [2.05, 4.69) is 66.6 Å². The Morgan fingerprint density at radius 3 is 2.57 bits per heavy atom. The summed E-state index contributed by atoms with van der Waals surface area (Å²) in [5, 5.41) is 6.99. The maximum Gasteiger partial charge on any atom is 0.191 e. The fourth-order valence-corrected chi connectivity index (χ4v) is 4.17. The van der Waals surface area contributed by atoms with E-state index in [-0.39, 0.29) is 35.6 Å². The second kappa shape index (κ2) is 12.8. The largest absolute Gasteiger partial charge is 0.379 e. The maximum absolute atomic E-state index is 6.14. The summed E-state index contributed by atoms with van der Waals surface area (Å²) in [6, 6.07) is 10.6. The molecule has 0 radical (unpaired) electrons. The molecule has 2 aliphatic rings. The Labute approximate surface area is 199 Å². The highest BCUT2D eigenvalue weighted by Gasteiger charge is 2.29. The highest BCUT2D eigenvalue weighted by atomic mass is 127. The number of benzene rings is 1. The van der Waals surface area contributed by atoms with Crippen LogP contribution in [-0.4, -0.2) is 68.9 Å². The Balaban J connectivity index is 0.00000320. The van der Waals surface area contributed by atoms with Gasteiger partial charge in [-0.15, -0.1) is 24.0 Å². The molecular weight excluding hydrogens is 491 g/mol. The maximum atomic E-state index is 6.14. The molecule has 0 amide bonds. The van der Waals surface area contributed by atoms with E-state index >= 15 is 0 Å². The number of hydrogen-bond acceptors (Lipinski definition) is 4. The van der Waals surface area contributed by atoms with E-state index in [9.17, 15) is 0 Å². The normalized spacial score (nSPS) is 23.5. The number of hydrogen-bond donors (Lipinski definition) is 2. The lowest BCUT2D eigenvalue weighted by molar-refractivity contribution is -0.0265. The van der Waals surface area contributed by atoms with Crippen LogP contribution in [0.15, 0.2) is 35.3 Å². The summed E-state index contributed by atoms with van der Waals surface area (Å²) in [4.78, 5) is 7.39. The fraction of sp³-hybridized carbons (Fsp3) is 0.696. The summed E-state index contributed by atoms with van der Waals surface area (Å²) in [6.07, 6.45) is 2.45. The summed E-state index contributed by atoms with van der Waals surface area (Å²) in [7, 11) is 0. The molecule has 2 saturated heterocycles. The molecule has 0 saturated carbocycles. The van der Waals surface area contributed by atoms with E-state index < -0.39 is 0 Å². The first-order valence-electron chi connectivity index (χ1n) is 11.1. The molecule has 2 aliphatic heterocycles. The highest BCUT2D eigenvalue weighted by Crippen LogP contribution is 2.33. The van der Waals surface area contributed by atoms with Gasteiger partial charge >= 0.3 is 0 Å². The number of rotatable bonds is 7. The minimum absolute atomic E-state index is 0. The molecule has 1 aromatic rings. The van der Waals surface area contributed by atoms with Gasteiger partial charge in [0.15, 0.2) is 5.96 Å². The topological polar surface area (TPSA) is 58.1 Å². The van der Waals surface area contributed by atoms with Crippen molar-refractivity contribution in [3.63, 3.8) is 0 Å². The third-order valence-corrected chi connectivity index (χ3v) is 5.94. The molecule has 6 nitrogen and oxygen atoms in total. The van der Waals surface area contributed by atoms with Crippen LogP contribution in [0.1, 0.15) is 45.3 Å². The molecule has 0 aromatic heterocycles. The zero-order chi connectivity index (χ0) is 20.5. The van der Waals surface area contributed by atoms with E-state index in [4.69, 9.17) is 14.5 Å². The molecule has 2 heterocycles. The molecule has 0 bridgehead atoms. The molecule has 2 N–H and O–H groups in total. The van der Waals surface area contributed by atoms with Crippen molar-refractivity contribution in [1.29, 1.82) is 0 Å². The van der Waals surface area contributed by atoms with Gasteiger partial charge in [0.25, 0.3) is 0 Å². The van der Waals surface area contributed by atoms with Crippen LogP contribution in [0.4, 0.5) is 0 Å². The molecule has 7 heteroatoms. The summed E-state index contributed by atoms with van der Waals surface area (Å²) in [6.45, 7) is 13.6. The molecule has 1 aromatic carbocycles. The number of nitrogens with zero attached hydrogens (tertiary/aromatic N) is 2. The van der Waals surface area contributed by atoms with Crippen LogP contribution < -0.4 is 10.6 Å². The van der Waals surface area contributed by atoms with Crippen molar-refractivity contribution >= 4 is 29.9 Å². The molecule has 30 heavy (non-hydrogen) atoms. The van der Waals surface area contributed by atoms with Crippen molar-refractivity contribution in [3.05, 3.63) is 35.9 Å². The average molecular weight is 530 g/mol. The molecule has 0 spiro atoms. The minimum Gasteiger partial charge on any atom is -0.379 e. The lowest BCUT2D eigenvalue weighted by Gasteiger charge is -2.40. The summed E-state index contributed by atoms with van der Waals surface area (Å²) in [5.74, 6) is 1.34. The van der Waals surface area contributed by atoms with Crippen molar-refractivity contribution in [1.82, 2.24) is 15.5 Å². The van der Waals surface area contributed by atoms with Crippen molar-refractivity contribution in [2.24, 2.45) is 10.9 Å². The van der Waals surface area contributed by atoms with Gasteiger partial charge in [-0.2, -0.15) is 0 Å². The number of aliphatic imine (C=N–C) groups is 1. The van der Waals surface area contributed by atoms with Crippen LogP contribution in [0.2, 0.25) is 0 Å². The third-order valence-electron chi connectivity index (χ3n) is 5.94. The zero-order valence-electron chi connectivity index (χ0n) is 18.7. The lowest BCUT2D eigenvalue weighted by atomic mass is 9.89.